The van der Waals surface area contributed by atoms with Crippen LogP contribution in [0.5, 0.6) is 0 Å². The van der Waals surface area contributed by atoms with Gasteiger partial charge in [-0.1, -0.05) is 58.9 Å². The molecule has 1 fully saturated rings. The van der Waals surface area contributed by atoms with Crippen LogP contribution in [0.15, 0.2) is 0 Å². The Morgan fingerprint density at radius 2 is 0.947 bits per heavy atom. The van der Waals surface area contributed by atoms with E-state index in [4.69, 9.17) is 0 Å². The fraction of sp³-hybridized carbons (Fsp3) is 1.00. The van der Waals surface area contributed by atoms with Crippen molar-refractivity contribution in [2.24, 2.45) is 0 Å². The predicted molar refractivity (Wildman–Crippen MR) is 94.8 cm³/mol. The van der Waals surface area contributed by atoms with Gasteiger partial charge in [-0.2, -0.15) is 0 Å². The minimum absolute atomic E-state index is 0.617. The van der Waals surface area contributed by atoms with Crippen LogP contribution in [-0.4, -0.2) is 57.9 Å². The van der Waals surface area contributed by atoms with Crippen LogP contribution in [-0.2, 0) is 0 Å². The lowest BCUT2D eigenvalue weighted by Gasteiger charge is -2.58. The van der Waals surface area contributed by atoms with Crippen LogP contribution in [0.2, 0.25) is 58.9 Å². The van der Waals surface area contributed by atoms with Crippen molar-refractivity contribution in [2.45, 2.75) is 72.0 Å². The van der Waals surface area contributed by atoms with Gasteiger partial charge >= 0.3 is 0 Å². The van der Waals surface area contributed by atoms with Crippen molar-refractivity contribution < 1.29 is 0 Å². The lowest BCUT2D eigenvalue weighted by molar-refractivity contribution is 0.0476. The molecule has 0 aromatic rings. The second-order valence-corrected chi connectivity index (χ2v) is 23.7. The van der Waals surface area contributed by atoms with E-state index in [0.29, 0.717) is 6.17 Å². The lowest BCUT2D eigenvalue weighted by Crippen LogP contribution is -2.73. The summed E-state index contributed by atoms with van der Waals surface area (Å²) in [6, 6.07) is 0. The second-order valence-electron chi connectivity index (χ2n) is 8.91. The van der Waals surface area contributed by atoms with Gasteiger partial charge < -0.3 is 4.57 Å². The summed E-state index contributed by atoms with van der Waals surface area (Å²) in [4.78, 5) is 0. The van der Waals surface area contributed by atoms with Gasteiger partial charge in [0.1, 0.15) is 24.7 Å². The molecule has 1 aliphatic rings. The van der Waals surface area contributed by atoms with Gasteiger partial charge in [0.05, 0.1) is 0 Å². The smallest absolute Gasteiger partial charge is 0.122 e. The third-order valence-corrected chi connectivity index (χ3v) is 10.9. The highest BCUT2D eigenvalue weighted by molar-refractivity contribution is 6.76. The van der Waals surface area contributed by atoms with Crippen LogP contribution < -0.4 is 0 Å². The normalized spacial score (nSPS) is 23.1. The van der Waals surface area contributed by atoms with Crippen LogP contribution in [0.3, 0.4) is 0 Å². The Hall–Kier alpha value is 0.531. The fourth-order valence-corrected chi connectivity index (χ4v) is 8.05. The molecule has 0 aromatic heterocycles. The van der Waals surface area contributed by atoms with Gasteiger partial charge in [-0.25, -0.2) is 0 Å². The first-order valence-electron chi connectivity index (χ1n) is 7.53. The first-order chi connectivity index (χ1) is 8.24. The van der Waals surface area contributed by atoms with Crippen LogP contribution in [0.4, 0.5) is 0 Å². The maximum atomic E-state index is 2.81. The molecule has 0 radical (unpaired) electrons. The van der Waals surface area contributed by atoms with Crippen LogP contribution in [0, 0.1) is 0 Å². The molecule has 0 unspecified atom stereocenters. The zero-order valence-corrected chi connectivity index (χ0v) is 17.8. The summed E-state index contributed by atoms with van der Waals surface area (Å²) in [6.07, 6.45) is 0.617. The molecule has 1 saturated heterocycles. The van der Waals surface area contributed by atoms with Gasteiger partial charge in [0.2, 0.25) is 0 Å². The van der Waals surface area contributed by atoms with E-state index in [-0.39, 0.29) is 0 Å². The van der Waals surface area contributed by atoms with E-state index in [1.807, 2.05) is 0 Å². The summed E-state index contributed by atoms with van der Waals surface area (Å²) >= 11 is 0. The highest BCUT2D eigenvalue weighted by Gasteiger charge is 2.43. The Bertz CT molecular complexity index is 291. The Balaban J connectivity index is 3.08. The van der Waals surface area contributed by atoms with Crippen molar-refractivity contribution in [2.75, 3.05) is 13.3 Å². The van der Waals surface area contributed by atoms with Gasteiger partial charge in [0.25, 0.3) is 0 Å². The average Bonchev–Trinajstić information content (AvgIpc) is 2.11. The number of hydrogen-bond donors (Lipinski definition) is 0. The van der Waals surface area contributed by atoms with Gasteiger partial charge in [-0.05, 0) is 6.92 Å². The first kappa shape index (κ1) is 17.6. The standard InChI is InChI=1S/C13H35N3Si3/c1-13-15(18(5,6)7)11-14(17(2,3)4)12-16(13)19(8,9)10/h13H,11-12H2,1-10H3. The molecule has 1 aliphatic heterocycles. The van der Waals surface area contributed by atoms with Crippen molar-refractivity contribution in [3.63, 3.8) is 0 Å². The fourth-order valence-electron chi connectivity index (χ4n) is 2.79. The van der Waals surface area contributed by atoms with Crippen molar-refractivity contribution in [3.05, 3.63) is 0 Å². The Labute approximate surface area is 124 Å². The maximum absolute atomic E-state index is 2.81. The maximum Gasteiger partial charge on any atom is 0.122 e. The highest BCUT2D eigenvalue weighted by Crippen LogP contribution is 2.28. The Kier molecular flexibility index (Phi) is 4.98. The SMILES string of the molecule is CC1N([Si](C)(C)C)CN([Si](C)(C)C)CN1[Si](C)(C)C. The first-order valence-corrected chi connectivity index (χ1v) is 17.9. The zero-order valence-electron chi connectivity index (χ0n) is 14.8. The van der Waals surface area contributed by atoms with Gasteiger partial charge in [0, 0.05) is 19.5 Å². The quantitative estimate of drug-likeness (QED) is 0.735. The molecule has 1 rings (SSSR count). The molecule has 19 heavy (non-hydrogen) atoms. The minimum Gasteiger partial charge on any atom is -0.301 e. The molecule has 114 valence electrons. The summed E-state index contributed by atoms with van der Waals surface area (Å²) in [7, 11) is -3.77. The van der Waals surface area contributed by atoms with E-state index in [0.717, 1.165) is 0 Å². The Morgan fingerprint density at radius 1 is 0.632 bits per heavy atom. The monoisotopic (exact) mass is 317 g/mol. The number of hydrogen-bond acceptors (Lipinski definition) is 3. The van der Waals surface area contributed by atoms with Crippen LogP contribution in [0.25, 0.3) is 0 Å². The molecule has 0 aliphatic carbocycles. The van der Waals surface area contributed by atoms with E-state index in [2.05, 4.69) is 79.5 Å². The summed E-state index contributed by atoms with van der Waals surface area (Å²) < 4.78 is 8.41. The largest absolute Gasteiger partial charge is 0.301 e. The molecule has 0 aromatic carbocycles. The molecule has 0 N–H and O–H groups in total. The highest BCUT2D eigenvalue weighted by atomic mass is 28.3. The molecule has 0 atom stereocenters. The van der Waals surface area contributed by atoms with E-state index in [9.17, 15) is 0 Å². The predicted octanol–water partition coefficient (Wildman–Crippen LogP) is 3.67. The Morgan fingerprint density at radius 3 is 1.16 bits per heavy atom. The molecule has 0 saturated carbocycles. The van der Waals surface area contributed by atoms with Gasteiger partial charge in [0.15, 0.2) is 0 Å². The number of rotatable bonds is 3. The third-order valence-electron chi connectivity index (χ3n) is 4.22. The van der Waals surface area contributed by atoms with Crippen LogP contribution in [0.1, 0.15) is 6.92 Å². The molecule has 0 spiro atoms. The second kappa shape index (κ2) is 5.38. The molecular formula is C13H35N3Si3. The molecule has 1 heterocycles. The van der Waals surface area contributed by atoms with Gasteiger partial charge in [-0.15, -0.1) is 0 Å². The third kappa shape index (κ3) is 4.25. The molecule has 0 amide bonds. The zero-order chi connectivity index (χ0) is 15.2. The van der Waals surface area contributed by atoms with Gasteiger partial charge in [-0.3, -0.25) is 9.13 Å². The molecule has 6 heteroatoms. The molecular weight excluding hydrogens is 282 g/mol. The van der Waals surface area contributed by atoms with Crippen molar-refractivity contribution in [1.82, 2.24) is 13.7 Å². The van der Waals surface area contributed by atoms with E-state index in [1.165, 1.54) is 13.3 Å². The van der Waals surface area contributed by atoms with E-state index in [1.54, 1.807) is 0 Å². The number of nitrogens with zero attached hydrogens (tertiary/aromatic N) is 3. The van der Waals surface area contributed by atoms with E-state index >= 15 is 0 Å². The molecule has 3 nitrogen and oxygen atoms in total. The summed E-state index contributed by atoms with van der Waals surface area (Å²) in [6.45, 7) is 27.2. The van der Waals surface area contributed by atoms with Crippen LogP contribution >= 0.6 is 0 Å². The van der Waals surface area contributed by atoms with Crippen molar-refractivity contribution in [1.29, 1.82) is 0 Å². The molecule has 0 bridgehead atoms. The summed E-state index contributed by atoms with van der Waals surface area (Å²) in [5.74, 6) is 0. The lowest BCUT2D eigenvalue weighted by atomic mass is 10.5. The topological polar surface area (TPSA) is 9.72 Å². The van der Waals surface area contributed by atoms with Crippen molar-refractivity contribution >= 4 is 24.7 Å². The van der Waals surface area contributed by atoms with E-state index < -0.39 is 24.7 Å². The summed E-state index contributed by atoms with van der Waals surface area (Å²) in [5, 5.41) is 0. The average molecular weight is 318 g/mol. The van der Waals surface area contributed by atoms with Crippen molar-refractivity contribution in [3.8, 4) is 0 Å². The summed E-state index contributed by atoms with van der Waals surface area (Å²) in [5.41, 5.74) is 0. The minimum atomic E-state index is -1.27.